The Hall–Kier alpha value is -2.46. The second-order valence-electron chi connectivity index (χ2n) is 5.12. The zero-order valence-corrected chi connectivity index (χ0v) is 11.7. The predicted molar refractivity (Wildman–Crippen MR) is 85.3 cm³/mol. The molecule has 0 unspecified atom stereocenters. The number of aliphatic imine (C=N–C) groups is 1. The Kier molecular flexibility index (Phi) is 3.01. The van der Waals surface area contributed by atoms with E-state index in [0.717, 1.165) is 47.6 Å². The van der Waals surface area contributed by atoms with Gasteiger partial charge in [-0.15, -0.1) is 0 Å². The third-order valence-corrected chi connectivity index (χ3v) is 3.75. The maximum Gasteiger partial charge on any atom is 0.116 e. The summed E-state index contributed by atoms with van der Waals surface area (Å²) in [5.74, 6) is 0. The molecule has 4 heteroatoms. The minimum absolute atomic E-state index is 0.787. The standard InChI is InChI=1S/C17H16N4/c1-2-6-13(7-3-1)21-16-9-5-4-8-14(16)17(20-21)15-12-18-10-11-19-15/h1-9,18H,10-12H2. The van der Waals surface area contributed by atoms with Crippen molar-refractivity contribution in [3.63, 3.8) is 0 Å². The maximum absolute atomic E-state index is 4.83. The van der Waals surface area contributed by atoms with Crippen LogP contribution in [0, 0.1) is 0 Å². The molecular formula is C17H16N4. The molecule has 0 radical (unpaired) electrons. The number of hydrogen-bond donors (Lipinski definition) is 1. The minimum atomic E-state index is 0.787. The van der Waals surface area contributed by atoms with Gasteiger partial charge in [0.1, 0.15) is 5.69 Å². The second kappa shape index (κ2) is 5.14. The van der Waals surface area contributed by atoms with Crippen molar-refractivity contribution in [1.82, 2.24) is 15.1 Å². The molecule has 1 aromatic heterocycles. The number of para-hydroxylation sites is 2. The average molecular weight is 276 g/mol. The monoisotopic (exact) mass is 276 g/mol. The van der Waals surface area contributed by atoms with Crippen molar-refractivity contribution in [1.29, 1.82) is 0 Å². The molecule has 4 nitrogen and oxygen atoms in total. The van der Waals surface area contributed by atoms with Crippen LogP contribution in [0.1, 0.15) is 5.69 Å². The number of benzene rings is 2. The molecule has 2 heterocycles. The van der Waals surface area contributed by atoms with E-state index in [-0.39, 0.29) is 0 Å². The van der Waals surface area contributed by atoms with Crippen LogP contribution in [0.25, 0.3) is 16.6 Å². The molecule has 0 saturated carbocycles. The summed E-state index contributed by atoms with van der Waals surface area (Å²) in [6, 6.07) is 18.6. The number of nitrogens with zero attached hydrogens (tertiary/aromatic N) is 3. The minimum Gasteiger partial charge on any atom is -0.309 e. The van der Waals surface area contributed by atoms with Crippen molar-refractivity contribution < 1.29 is 0 Å². The Bertz CT molecular complexity index is 802. The molecule has 0 spiro atoms. The molecule has 21 heavy (non-hydrogen) atoms. The number of hydrogen-bond acceptors (Lipinski definition) is 3. The van der Waals surface area contributed by atoms with E-state index < -0.39 is 0 Å². The first kappa shape index (κ1) is 12.3. The summed E-state index contributed by atoms with van der Waals surface area (Å²) in [6.07, 6.45) is 0. The van der Waals surface area contributed by atoms with Crippen LogP contribution in [0.15, 0.2) is 59.6 Å². The highest BCUT2D eigenvalue weighted by Gasteiger charge is 2.17. The van der Waals surface area contributed by atoms with E-state index in [1.54, 1.807) is 0 Å². The van der Waals surface area contributed by atoms with Crippen LogP contribution in [0.5, 0.6) is 0 Å². The van der Waals surface area contributed by atoms with Gasteiger partial charge < -0.3 is 5.32 Å². The van der Waals surface area contributed by atoms with E-state index in [1.807, 2.05) is 28.9 Å². The van der Waals surface area contributed by atoms with Gasteiger partial charge in [0.25, 0.3) is 0 Å². The van der Waals surface area contributed by atoms with Crippen LogP contribution in [0.4, 0.5) is 0 Å². The smallest absolute Gasteiger partial charge is 0.116 e. The molecule has 3 aromatic rings. The van der Waals surface area contributed by atoms with Gasteiger partial charge in [-0.05, 0) is 18.2 Å². The molecule has 0 amide bonds. The molecule has 104 valence electrons. The largest absolute Gasteiger partial charge is 0.309 e. The topological polar surface area (TPSA) is 42.2 Å². The first-order chi connectivity index (χ1) is 10.4. The van der Waals surface area contributed by atoms with E-state index in [9.17, 15) is 0 Å². The van der Waals surface area contributed by atoms with Crippen molar-refractivity contribution in [3.05, 3.63) is 60.3 Å². The fourth-order valence-corrected chi connectivity index (χ4v) is 2.74. The Morgan fingerprint density at radius 1 is 0.952 bits per heavy atom. The van der Waals surface area contributed by atoms with E-state index in [4.69, 9.17) is 5.10 Å². The van der Waals surface area contributed by atoms with Crippen molar-refractivity contribution in [2.75, 3.05) is 19.6 Å². The third kappa shape index (κ3) is 2.14. The van der Waals surface area contributed by atoms with Crippen molar-refractivity contribution in [2.45, 2.75) is 0 Å². The summed E-state index contributed by atoms with van der Waals surface area (Å²) >= 11 is 0. The van der Waals surface area contributed by atoms with Crippen molar-refractivity contribution in [3.8, 4) is 5.69 Å². The first-order valence-electron chi connectivity index (χ1n) is 7.21. The molecule has 4 rings (SSSR count). The van der Waals surface area contributed by atoms with E-state index >= 15 is 0 Å². The molecule has 1 N–H and O–H groups in total. The predicted octanol–water partition coefficient (Wildman–Crippen LogP) is 2.42. The van der Waals surface area contributed by atoms with Gasteiger partial charge in [0.05, 0.1) is 23.5 Å². The molecule has 0 atom stereocenters. The van der Waals surface area contributed by atoms with Crippen LogP contribution in [-0.2, 0) is 0 Å². The van der Waals surface area contributed by atoms with Crippen LogP contribution in [0.2, 0.25) is 0 Å². The lowest BCUT2D eigenvalue weighted by atomic mass is 10.1. The van der Waals surface area contributed by atoms with Gasteiger partial charge in [0.15, 0.2) is 0 Å². The highest BCUT2D eigenvalue weighted by Crippen LogP contribution is 2.22. The van der Waals surface area contributed by atoms with Gasteiger partial charge in [0, 0.05) is 18.5 Å². The number of nitrogens with one attached hydrogen (secondary N) is 1. The number of fused-ring (bicyclic) bond motifs is 1. The molecule has 0 fully saturated rings. The van der Waals surface area contributed by atoms with E-state index in [2.05, 4.69) is 40.6 Å². The quantitative estimate of drug-likeness (QED) is 0.781. The lowest BCUT2D eigenvalue weighted by Gasteiger charge is -2.11. The number of aromatic nitrogens is 2. The summed E-state index contributed by atoms with van der Waals surface area (Å²) in [5, 5.41) is 9.35. The Balaban J connectivity index is 1.95. The molecule has 0 saturated heterocycles. The normalized spacial score (nSPS) is 15.1. The van der Waals surface area contributed by atoms with Crippen LogP contribution >= 0.6 is 0 Å². The van der Waals surface area contributed by atoms with Crippen LogP contribution in [0.3, 0.4) is 0 Å². The van der Waals surface area contributed by atoms with Gasteiger partial charge in [-0.3, -0.25) is 4.99 Å². The third-order valence-electron chi connectivity index (χ3n) is 3.75. The number of rotatable bonds is 2. The molecule has 1 aliphatic heterocycles. The van der Waals surface area contributed by atoms with Crippen molar-refractivity contribution in [2.24, 2.45) is 4.99 Å². The molecular weight excluding hydrogens is 260 g/mol. The van der Waals surface area contributed by atoms with Gasteiger partial charge in [-0.25, -0.2) is 4.68 Å². The van der Waals surface area contributed by atoms with E-state index in [0.29, 0.717) is 0 Å². The fraction of sp³-hybridized carbons (Fsp3) is 0.176. The first-order valence-corrected chi connectivity index (χ1v) is 7.21. The molecule has 1 aliphatic rings. The molecule has 0 bridgehead atoms. The Labute approximate surface area is 123 Å². The molecule has 2 aromatic carbocycles. The summed E-state index contributed by atoms with van der Waals surface area (Å²) in [4.78, 5) is 4.64. The summed E-state index contributed by atoms with van der Waals surface area (Å²) in [7, 11) is 0. The highest BCUT2D eigenvalue weighted by atomic mass is 15.3. The highest BCUT2D eigenvalue weighted by molar-refractivity contribution is 6.10. The van der Waals surface area contributed by atoms with Gasteiger partial charge in [-0.2, -0.15) is 5.10 Å². The zero-order valence-electron chi connectivity index (χ0n) is 11.7. The molecule has 0 aliphatic carbocycles. The van der Waals surface area contributed by atoms with Crippen LogP contribution in [-0.4, -0.2) is 35.1 Å². The Morgan fingerprint density at radius 2 is 1.76 bits per heavy atom. The van der Waals surface area contributed by atoms with Gasteiger partial charge in [0.2, 0.25) is 0 Å². The van der Waals surface area contributed by atoms with E-state index in [1.165, 1.54) is 0 Å². The van der Waals surface area contributed by atoms with Crippen molar-refractivity contribution >= 4 is 16.6 Å². The lowest BCUT2D eigenvalue weighted by Crippen LogP contribution is -2.31. The lowest BCUT2D eigenvalue weighted by molar-refractivity contribution is 0.734. The zero-order chi connectivity index (χ0) is 14.1. The summed E-state index contributed by atoms with van der Waals surface area (Å²) in [6.45, 7) is 2.55. The van der Waals surface area contributed by atoms with Crippen LogP contribution < -0.4 is 5.32 Å². The van der Waals surface area contributed by atoms with Gasteiger partial charge in [-0.1, -0.05) is 36.4 Å². The second-order valence-corrected chi connectivity index (χ2v) is 5.12. The fourth-order valence-electron chi connectivity index (χ4n) is 2.74. The average Bonchev–Trinajstić information content (AvgIpc) is 2.96. The summed E-state index contributed by atoms with van der Waals surface area (Å²) < 4.78 is 2.00. The van der Waals surface area contributed by atoms with Gasteiger partial charge >= 0.3 is 0 Å². The summed E-state index contributed by atoms with van der Waals surface area (Å²) in [5.41, 5.74) is 4.23. The maximum atomic E-state index is 4.83. The Morgan fingerprint density at radius 3 is 2.57 bits per heavy atom. The SMILES string of the molecule is c1ccc(-n2nc(C3=NCCNC3)c3ccccc32)cc1.